The van der Waals surface area contributed by atoms with Crippen molar-refractivity contribution in [1.82, 2.24) is 15.1 Å². The molecule has 0 N–H and O–H groups in total. The Kier molecular flexibility index (Phi) is 6.72. The van der Waals surface area contributed by atoms with Gasteiger partial charge in [0.1, 0.15) is 6.10 Å². The SMILES string of the molecule is O=C(N1CCN(c2ccc(OC3CCCCC3)nn2)CC1)C1(c2ccc(Cl)cc2)CCCC1. The van der Waals surface area contributed by atoms with Gasteiger partial charge in [0.05, 0.1) is 5.41 Å². The number of amides is 1. The highest BCUT2D eigenvalue weighted by Gasteiger charge is 2.45. The van der Waals surface area contributed by atoms with Crippen LogP contribution in [-0.4, -0.2) is 53.3 Å². The number of nitrogens with zero attached hydrogens (tertiary/aromatic N) is 4. The van der Waals surface area contributed by atoms with Gasteiger partial charge in [-0.1, -0.05) is 43.0 Å². The lowest BCUT2D eigenvalue weighted by Crippen LogP contribution is -2.54. The molecule has 0 bridgehead atoms. The summed E-state index contributed by atoms with van der Waals surface area (Å²) in [6, 6.07) is 11.8. The number of rotatable bonds is 5. The molecule has 0 atom stereocenters. The number of carbonyl (C=O) groups is 1. The van der Waals surface area contributed by atoms with E-state index >= 15 is 0 Å². The van der Waals surface area contributed by atoms with E-state index in [4.69, 9.17) is 16.3 Å². The van der Waals surface area contributed by atoms with Crippen LogP contribution in [0, 0.1) is 0 Å². The zero-order valence-corrected chi connectivity index (χ0v) is 20.0. The molecule has 1 aromatic carbocycles. The molecule has 6 nitrogen and oxygen atoms in total. The zero-order valence-electron chi connectivity index (χ0n) is 19.2. The van der Waals surface area contributed by atoms with Crippen molar-refractivity contribution in [2.75, 3.05) is 31.1 Å². The summed E-state index contributed by atoms with van der Waals surface area (Å²) in [5.41, 5.74) is 0.709. The van der Waals surface area contributed by atoms with Crippen LogP contribution in [0.5, 0.6) is 5.88 Å². The molecule has 176 valence electrons. The number of hydrogen-bond acceptors (Lipinski definition) is 5. The van der Waals surface area contributed by atoms with E-state index in [1.165, 1.54) is 19.3 Å². The van der Waals surface area contributed by atoms with Gasteiger partial charge < -0.3 is 14.5 Å². The minimum absolute atomic E-state index is 0.268. The second kappa shape index (κ2) is 9.88. The van der Waals surface area contributed by atoms with Gasteiger partial charge in [-0.05, 0) is 62.3 Å². The van der Waals surface area contributed by atoms with E-state index in [1.807, 2.05) is 41.3 Å². The molecule has 0 spiro atoms. The number of hydrogen-bond donors (Lipinski definition) is 0. The second-order valence-corrected chi connectivity index (χ2v) is 10.1. The van der Waals surface area contributed by atoms with E-state index < -0.39 is 5.41 Å². The van der Waals surface area contributed by atoms with Crippen molar-refractivity contribution < 1.29 is 9.53 Å². The zero-order chi connectivity index (χ0) is 22.7. The fourth-order valence-electron chi connectivity index (χ4n) is 5.71. The summed E-state index contributed by atoms with van der Waals surface area (Å²) in [6.45, 7) is 2.94. The smallest absolute Gasteiger partial charge is 0.233 e. The molecular weight excluding hydrogens is 436 g/mol. The summed E-state index contributed by atoms with van der Waals surface area (Å²) in [5.74, 6) is 1.74. The van der Waals surface area contributed by atoms with E-state index in [0.29, 0.717) is 24.0 Å². The minimum atomic E-state index is -0.398. The lowest BCUT2D eigenvalue weighted by atomic mass is 9.77. The van der Waals surface area contributed by atoms with Crippen LogP contribution in [0.4, 0.5) is 5.82 Å². The van der Waals surface area contributed by atoms with Crippen molar-refractivity contribution in [3.8, 4) is 5.88 Å². The Bertz CT molecular complexity index is 930. The molecule has 3 fully saturated rings. The van der Waals surface area contributed by atoms with Crippen molar-refractivity contribution >= 4 is 23.3 Å². The molecule has 2 aromatic rings. The standard InChI is InChI=1S/C26H33ClN4O2/c27-21-10-8-20(9-11-21)26(14-4-5-15-26)25(32)31-18-16-30(17-19-31)23-12-13-24(29-28-23)33-22-6-2-1-3-7-22/h8-13,22H,1-7,14-19H2. The number of anilines is 1. The molecule has 3 aliphatic rings. The Morgan fingerprint density at radius 3 is 2.21 bits per heavy atom. The van der Waals surface area contributed by atoms with Crippen molar-refractivity contribution in [2.24, 2.45) is 0 Å². The van der Waals surface area contributed by atoms with Crippen LogP contribution in [0.15, 0.2) is 36.4 Å². The molecule has 7 heteroatoms. The van der Waals surface area contributed by atoms with Crippen molar-refractivity contribution in [3.05, 3.63) is 47.0 Å². The summed E-state index contributed by atoms with van der Waals surface area (Å²) >= 11 is 6.11. The molecule has 2 heterocycles. The van der Waals surface area contributed by atoms with E-state index in [1.54, 1.807) is 0 Å². The van der Waals surface area contributed by atoms with Gasteiger partial charge in [-0.2, -0.15) is 0 Å². The average molecular weight is 469 g/mol. The van der Waals surface area contributed by atoms with Gasteiger partial charge in [-0.15, -0.1) is 10.2 Å². The number of halogens is 1. The van der Waals surface area contributed by atoms with E-state index in [-0.39, 0.29) is 12.0 Å². The van der Waals surface area contributed by atoms with Crippen LogP contribution in [-0.2, 0) is 10.2 Å². The van der Waals surface area contributed by atoms with Crippen LogP contribution < -0.4 is 9.64 Å². The Morgan fingerprint density at radius 2 is 1.58 bits per heavy atom. The van der Waals surface area contributed by atoms with E-state index in [9.17, 15) is 4.79 Å². The Balaban J connectivity index is 1.20. The number of piperazine rings is 1. The third-order valence-electron chi connectivity index (χ3n) is 7.62. The van der Waals surface area contributed by atoms with Crippen LogP contribution in [0.2, 0.25) is 5.02 Å². The Hall–Kier alpha value is -2.34. The maximum absolute atomic E-state index is 13.7. The summed E-state index contributed by atoms with van der Waals surface area (Å²) in [4.78, 5) is 18.0. The summed E-state index contributed by atoms with van der Waals surface area (Å²) in [6.07, 6.45) is 10.3. The first-order valence-electron chi connectivity index (χ1n) is 12.4. The van der Waals surface area contributed by atoms with Crippen LogP contribution >= 0.6 is 11.6 Å². The van der Waals surface area contributed by atoms with Crippen LogP contribution in [0.25, 0.3) is 0 Å². The number of carbonyl (C=O) groups excluding carboxylic acids is 1. The highest BCUT2D eigenvalue weighted by atomic mass is 35.5. The maximum Gasteiger partial charge on any atom is 0.233 e. The van der Waals surface area contributed by atoms with Crippen LogP contribution in [0.1, 0.15) is 63.4 Å². The molecule has 2 saturated carbocycles. The van der Waals surface area contributed by atoms with Crippen LogP contribution in [0.3, 0.4) is 0 Å². The third kappa shape index (κ3) is 4.81. The summed E-state index contributed by atoms with van der Waals surface area (Å²) in [5, 5.41) is 9.45. The average Bonchev–Trinajstić information content (AvgIpc) is 3.36. The normalized spacial score (nSPS) is 21.2. The third-order valence-corrected chi connectivity index (χ3v) is 7.87. The predicted molar refractivity (Wildman–Crippen MR) is 130 cm³/mol. The molecule has 5 rings (SSSR count). The molecule has 1 saturated heterocycles. The molecular formula is C26H33ClN4O2. The fraction of sp³-hybridized carbons (Fsp3) is 0.577. The first-order chi connectivity index (χ1) is 16.1. The van der Waals surface area contributed by atoms with Gasteiger partial charge in [-0.25, -0.2) is 0 Å². The molecule has 0 radical (unpaired) electrons. The molecule has 1 amide bonds. The number of ether oxygens (including phenoxy) is 1. The van der Waals surface area contributed by atoms with E-state index in [0.717, 1.165) is 63.0 Å². The van der Waals surface area contributed by atoms with E-state index in [2.05, 4.69) is 15.1 Å². The van der Waals surface area contributed by atoms with Crippen molar-refractivity contribution in [1.29, 1.82) is 0 Å². The quantitative estimate of drug-likeness (QED) is 0.617. The predicted octanol–water partition coefficient (Wildman–Crippen LogP) is 5.00. The van der Waals surface area contributed by atoms with Gasteiger partial charge in [0.15, 0.2) is 5.82 Å². The lowest BCUT2D eigenvalue weighted by molar-refractivity contribution is -0.137. The monoisotopic (exact) mass is 468 g/mol. The van der Waals surface area contributed by atoms with Gasteiger partial charge >= 0.3 is 0 Å². The molecule has 2 aliphatic carbocycles. The van der Waals surface area contributed by atoms with Gasteiger partial charge in [0.25, 0.3) is 0 Å². The molecule has 1 aromatic heterocycles. The fourth-order valence-corrected chi connectivity index (χ4v) is 5.84. The van der Waals surface area contributed by atoms with Gasteiger partial charge in [0.2, 0.25) is 11.8 Å². The molecule has 0 unspecified atom stereocenters. The number of aromatic nitrogens is 2. The van der Waals surface area contributed by atoms with Crippen molar-refractivity contribution in [2.45, 2.75) is 69.3 Å². The maximum atomic E-state index is 13.7. The summed E-state index contributed by atoms with van der Waals surface area (Å²) in [7, 11) is 0. The van der Waals surface area contributed by atoms with Gasteiger partial charge in [-0.3, -0.25) is 4.79 Å². The van der Waals surface area contributed by atoms with Gasteiger partial charge in [0, 0.05) is 37.3 Å². The number of benzene rings is 1. The topological polar surface area (TPSA) is 58.6 Å². The Morgan fingerprint density at radius 1 is 0.879 bits per heavy atom. The Labute approximate surface area is 201 Å². The molecule has 1 aliphatic heterocycles. The minimum Gasteiger partial charge on any atom is -0.473 e. The lowest BCUT2D eigenvalue weighted by Gasteiger charge is -2.40. The largest absolute Gasteiger partial charge is 0.473 e. The highest BCUT2D eigenvalue weighted by molar-refractivity contribution is 6.30. The highest BCUT2D eigenvalue weighted by Crippen LogP contribution is 2.43. The first kappa shape index (κ1) is 22.5. The van der Waals surface area contributed by atoms with Crippen molar-refractivity contribution in [3.63, 3.8) is 0 Å². The second-order valence-electron chi connectivity index (χ2n) is 9.68. The summed E-state index contributed by atoms with van der Waals surface area (Å²) < 4.78 is 6.01. The first-order valence-corrected chi connectivity index (χ1v) is 12.8. The molecule has 33 heavy (non-hydrogen) atoms.